The summed E-state index contributed by atoms with van der Waals surface area (Å²) in [4.78, 5) is 14.2. The zero-order valence-corrected chi connectivity index (χ0v) is 13.4. The number of amides is 1. The highest BCUT2D eigenvalue weighted by Gasteiger charge is 2.32. The summed E-state index contributed by atoms with van der Waals surface area (Å²) in [7, 11) is 0. The Morgan fingerprint density at radius 1 is 1.14 bits per heavy atom. The van der Waals surface area contributed by atoms with Crippen molar-refractivity contribution >= 4 is 29.1 Å². The summed E-state index contributed by atoms with van der Waals surface area (Å²) in [6.45, 7) is 2.41. The Morgan fingerprint density at radius 2 is 1.77 bits per heavy atom. The second-order valence-corrected chi connectivity index (χ2v) is 6.30. The third-order valence-corrected chi connectivity index (χ3v) is 4.70. The van der Waals surface area contributed by atoms with E-state index >= 15 is 0 Å². The number of nitrogens with zero attached hydrogens (tertiary/aromatic N) is 1. The summed E-state index contributed by atoms with van der Waals surface area (Å²) in [5.74, 6) is -0.617. The number of ether oxygens (including phenoxy) is 2. The van der Waals surface area contributed by atoms with E-state index < -0.39 is 5.82 Å². The van der Waals surface area contributed by atoms with E-state index in [1.807, 2.05) is 0 Å². The fourth-order valence-electron chi connectivity index (χ4n) is 2.88. The van der Waals surface area contributed by atoms with Crippen LogP contribution < -0.4 is 0 Å². The first-order valence-corrected chi connectivity index (χ1v) is 7.99. The monoisotopic (exact) mass is 347 g/mol. The molecule has 120 valence electrons. The van der Waals surface area contributed by atoms with Crippen molar-refractivity contribution in [2.45, 2.75) is 19.1 Å². The molecule has 1 aromatic carbocycles. The number of hydrogen-bond donors (Lipinski definition) is 0. The van der Waals surface area contributed by atoms with Gasteiger partial charge in [-0.25, -0.2) is 4.39 Å². The zero-order valence-electron chi connectivity index (χ0n) is 11.9. The van der Waals surface area contributed by atoms with Gasteiger partial charge >= 0.3 is 0 Å². The van der Waals surface area contributed by atoms with Crippen molar-refractivity contribution in [2.75, 3.05) is 26.3 Å². The van der Waals surface area contributed by atoms with Crippen LogP contribution in [0.1, 0.15) is 23.2 Å². The largest absolute Gasteiger partial charge is 0.350 e. The fraction of sp³-hybridized carbons (Fsp3) is 0.533. The number of piperidine rings is 1. The average molecular weight is 348 g/mol. The van der Waals surface area contributed by atoms with Crippen LogP contribution >= 0.6 is 23.2 Å². The van der Waals surface area contributed by atoms with Gasteiger partial charge in [-0.05, 0) is 25.0 Å². The van der Waals surface area contributed by atoms with Crippen molar-refractivity contribution in [3.63, 3.8) is 0 Å². The SMILES string of the molecule is O=C(c1cc(F)c(Cl)cc1Cl)N1CCC(C2OCCO2)CC1. The molecule has 2 heterocycles. The Kier molecular flexibility index (Phi) is 4.88. The first kappa shape index (κ1) is 16.0. The number of benzene rings is 1. The van der Waals surface area contributed by atoms with Crippen molar-refractivity contribution < 1.29 is 18.7 Å². The molecule has 0 atom stereocenters. The summed E-state index contributed by atoms with van der Waals surface area (Å²) < 4.78 is 24.6. The molecule has 2 fully saturated rings. The first-order chi connectivity index (χ1) is 10.6. The van der Waals surface area contributed by atoms with Crippen LogP contribution in [-0.2, 0) is 9.47 Å². The predicted octanol–water partition coefficient (Wildman–Crippen LogP) is 3.36. The van der Waals surface area contributed by atoms with Crippen LogP contribution in [0.25, 0.3) is 0 Å². The lowest BCUT2D eigenvalue weighted by molar-refractivity contribution is -0.0956. The van der Waals surface area contributed by atoms with Crippen LogP contribution in [0, 0.1) is 11.7 Å². The molecular weight excluding hydrogens is 332 g/mol. The molecule has 0 N–H and O–H groups in total. The molecule has 7 heteroatoms. The van der Waals surface area contributed by atoms with Gasteiger partial charge in [0.05, 0.1) is 28.8 Å². The minimum Gasteiger partial charge on any atom is -0.350 e. The third-order valence-electron chi connectivity index (χ3n) is 4.10. The number of halogens is 3. The number of likely N-dealkylation sites (tertiary alicyclic amines) is 1. The average Bonchev–Trinajstić information content (AvgIpc) is 3.05. The maximum absolute atomic E-state index is 13.6. The quantitative estimate of drug-likeness (QED) is 0.770. The molecule has 22 heavy (non-hydrogen) atoms. The molecule has 0 unspecified atom stereocenters. The normalized spacial score (nSPS) is 20.6. The Labute approximate surface area is 138 Å². The lowest BCUT2D eigenvalue weighted by Crippen LogP contribution is -2.41. The van der Waals surface area contributed by atoms with E-state index in [1.165, 1.54) is 6.07 Å². The van der Waals surface area contributed by atoms with E-state index in [1.54, 1.807) is 4.90 Å². The lowest BCUT2D eigenvalue weighted by atomic mass is 9.95. The molecule has 1 aromatic rings. The van der Waals surface area contributed by atoms with Crippen LogP contribution in [-0.4, -0.2) is 43.4 Å². The van der Waals surface area contributed by atoms with Crippen LogP contribution in [0.3, 0.4) is 0 Å². The van der Waals surface area contributed by atoms with E-state index in [0.717, 1.165) is 18.9 Å². The van der Waals surface area contributed by atoms with Crippen LogP contribution in [0.2, 0.25) is 10.0 Å². The summed E-state index contributed by atoms with van der Waals surface area (Å²) in [6.07, 6.45) is 1.43. The molecule has 4 nitrogen and oxygen atoms in total. The van der Waals surface area contributed by atoms with Gasteiger partial charge < -0.3 is 14.4 Å². The molecule has 3 rings (SSSR count). The standard InChI is InChI=1S/C15H16Cl2FNO3/c16-11-8-12(17)13(18)7-10(11)14(20)19-3-1-9(2-4-19)15-21-5-6-22-15/h7-9,15H,1-6H2. The Balaban J connectivity index is 1.65. The Morgan fingerprint density at radius 3 is 2.41 bits per heavy atom. The van der Waals surface area contributed by atoms with E-state index in [-0.39, 0.29) is 27.8 Å². The van der Waals surface area contributed by atoms with Crippen LogP contribution in [0.5, 0.6) is 0 Å². The highest BCUT2D eigenvalue weighted by atomic mass is 35.5. The van der Waals surface area contributed by atoms with Gasteiger partial charge in [-0.3, -0.25) is 4.79 Å². The van der Waals surface area contributed by atoms with Gasteiger partial charge in [0.2, 0.25) is 0 Å². The van der Waals surface area contributed by atoms with Gasteiger partial charge in [0.15, 0.2) is 6.29 Å². The van der Waals surface area contributed by atoms with Crippen molar-refractivity contribution in [2.24, 2.45) is 5.92 Å². The van der Waals surface area contributed by atoms with Gasteiger partial charge in [0.1, 0.15) is 5.82 Å². The number of rotatable bonds is 2. The van der Waals surface area contributed by atoms with E-state index in [9.17, 15) is 9.18 Å². The molecule has 0 aliphatic carbocycles. The predicted molar refractivity (Wildman–Crippen MR) is 80.7 cm³/mol. The molecular formula is C15H16Cl2FNO3. The molecule has 2 aliphatic heterocycles. The van der Waals surface area contributed by atoms with Gasteiger partial charge in [0, 0.05) is 19.0 Å². The molecule has 0 bridgehead atoms. The molecule has 0 saturated carbocycles. The summed E-state index contributed by atoms with van der Waals surface area (Å²) in [6, 6.07) is 2.36. The highest BCUT2D eigenvalue weighted by molar-refractivity contribution is 6.36. The maximum atomic E-state index is 13.6. The summed E-state index contributed by atoms with van der Waals surface area (Å²) in [5, 5.41) is 0.0803. The van der Waals surface area contributed by atoms with Gasteiger partial charge in [-0.2, -0.15) is 0 Å². The molecule has 2 aliphatic rings. The minimum absolute atomic E-state index is 0.0872. The number of carbonyl (C=O) groups is 1. The van der Waals surface area contributed by atoms with Gasteiger partial charge in [-0.1, -0.05) is 23.2 Å². The second kappa shape index (κ2) is 6.71. The minimum atomic E-state index is -0.642. The van der Waals surface area contributed by atoms with Crippen molar-refractivity contribution in [3.8, 4) is 0 Å². The maximum Gasteiger partial charge on any atom is 0.255 e. The topological polar surface area (TPSA) is 38.8 Å². The van der Waals surface area contributed by atoms with Crippen LogP contribution in [0.4, 0.5) is 4.39 Å². The molecule has 1 amide bonds. The first-order valence-electron chi connectivity index (χ1n) is 7.23. The van der Waals surface area contributed by atoms with Crippen LogP contribution in [0.15, 0.2) is 12.1 Å². The van der Waals surface area contributed by atoms with Gasteiger partial charge in [-0.15, -0.1) is 0 Å². The summed E-state index contributed by atoms with van der Waals surface area (Å²) in [5.41, 5.74) is 0.149. The Hall–Kier alpha value is -0.880. The number of hydrogen-bond acceptors (Lipinski definition) is 3. The number of carbonyl (C=O) groups excluding carboxylic acids is 1. The smallest absolute Gasteiger partial charge is 0.255 e. The highest BCUT2D eigenvalue weighted by Crippen LogP contribution is 2.29. The van der Waals surface area contributed by atoms with Crippen molar-refractivity contribution in [1.82, 2.24) is 4.90 Å². The van der Waals surface area contributed by atoms with Gasteiger partial charge in [0.25, 0.3) is 5.91 Å². The Bertz CT molecular complexity index is 570. The van der Waals surface area contributed by atoms with E-state index in [4.69, 9.17) is 32.7 Å². The van der Waals surface area contributed by atoms with E-state index in [0.29, 0.717) is 32.2 Å². The molecule has 0 aromatic heterocycles. The van der Waals surface area contributed by atoms with Crippen molar-refractivity contribution in [1.29, 1.82) is 0 Å². The molecule has 0 radical (unpaired) electrons. The third kappa shape index (κ3) is 3.23. The lowest BCUT2D eigenvalue weighted by Gasteiger charge is -2.34. The van der Waals surface area contributed by atoms with Crippen molar-refractivity contribution in [3.05, 3.63) is 33.6 Å². The summed E-state index contributed by atoms with van der Waals surface area (Å²) >= 11 is 11.7. The molecule has 2 saturated heterocycles. The van der Waals surface area contributed by atoms with E-state index in [2.05, 4.69) is 0 Å². The fourth-order valence-corrected chi connectivity index (χ4v) is 3.34. The molecule has 0 spiro atoms. The zero-order chi connectivity index (χ0) is 15.7. The second-order valence-electron chi connectivity index (χ2n) is 5.49.